The minimum Gasteiger partial charge on any atom is -0.497 e. The number of nitrogens with zero attached hydrogens (tertiary/aromatic N) is 4. The molecule has 33 heavy (non-hydrogen) atoms. The molecule has 9 nitrogen and oxygen atoms in total. The molecule has 3 atom stereocenters. The van der Waals surface area contributed by atoms with Crippen LogP contribution in [0, 0.1) is 0 Å². The number of fused-ring (bicyclic) bond motifs is 3. The maximum Gasteiger partial charge on any atom is 0.324 e. The largest absolute Gasteiger partial charge is 0.497 e. The van der Waals surface area contributed by atoms with Crippen molar-refractivity contribution in [1.82, 2.24) is 15.5 Å². The number of amidine groups is 1. The third kappa shape index (κ3) is 3.32. The first-order valence-electron chi connectivity index (χ1n) is 10.5. The van der Waals surface area contributed by atoms with Gasteiger partial charge in [-0.3, -0.25) is 9.89 Å². The zero-order valence-electron chi connectivity index (χ0n) is 18.4. The van der Waals surface area contributed by atoms with E-state index in [1.54, 1.807) is 25.5 Å². The van der Waals surface area contributed by atoms with E-state index in [0.717, 1.165) is 22.6 Å². The summed E-state index contributed by atoms with van der Waals surface area (Å²) in [5.74, 6) is 2.00. The van der Waals surface area contributed by atoms with Crippen LogP contribution in [0.2, 0.25) is 0 Å². The number of methoxy groups -OCH3 is 2. The van der Waals surface area contributed by atoms with Crippen molar-refractivity contribution in [3.8, 4) is 11.5 Å². The van der Waals surface area contributed by atoms with E-state index in [1.807, 2.05) is 48.5 Å². The number of carbonyl (C=O) groups is 1. The second kappa shape index (κ2) is 8.09. The number of urea groups is 1. The maximum absolute atomic E-state index is 13.3. The van der Waals surface area contributed by atoms with Gasteiger partial charge in [-0.15, -0.1) is 0 Å². The van der Waals surface area contributed by atoms with Crippen LogP contribution < -0.4 is 20.1 Å². The quantitative estimate of drug-likeness (QED) is 0.715. The highest BCUT2D eigenvalue weighted by molar-refractivity contribution is 6.19. The molecule has 0 aliphatic carbocycles. The smallest absolute Gasteiger partial charge is 0.324 e. The summed E-state index contributed by atoms with van der Waals surface area (Å²) in [7, 11) is 3.24. The molecule has 0 bridgehead atoms. The number of hydrogen-bond donors (Lipinski definition) is 2. The Hall–Kier alpha value is -4.14. The van der Waals surface area contributed by atoms with Crippen molar-refractivity contribution in [2.75, 3.05) is 14.2 Å². The van der Waals surface area contributed by atoms with E-state index in [2.05, 4.69) is 32.2 Å². The first-order valence-corrected chi connectivity index (χ1v) is 10.5. The van der Waals surface area contributed by atoms with Gasteiger partial charge in [-0.25, -0.2) is 14.8 Å². The van der Waals surface area contributed by atoms with Crippen molar-refractivity contribution in [3.63, 3.8) is 0 Å². The number of hydrogen-bond acceptors (Lipinski definition) is 7. The minimum atomic E-state index is -1.07. The van der Waals surface area contributed by atoms with E-state index in [-0.39, 0.29) is 12.2 Å². The number of rotatable bonds is 6. The summed E-state index contributed by atoms with van der Waals surface area (Å²) >= 11 is 0. The molecule has 2 aromatic carbocycles. The van der Waals surface area contributed by atoms with Gasteiger partial charge in [-0.1, -0.05) is 30.8 Å². The molecule has 3 unspecified atom stereocenters. The molecule has 1 fully saturated rings. The Labute approximate surface area is 191 Å². The van der Waals surface area contributed by atoms with Crippen LogP contribution in [0.4, 0.5) is 4.79 Å². The molecule has 3 aliphatic heterocycles. The molecule has 5 rings (SSSR count). The molecule has 9 heteroatoms. The van der Waals surface area contributed by atoms with Crippen molar-refractivity contribution in [2.45, 2.75) is 24.3 Å². The fraction of sp³-hybridized carbons (Fsp3) is 0.250. The molecule has 0 radical (unpaired) electrons. The molecule has 1 saturated heterocycles. The number of amides is 2. The molecule has 2 N–H and O–H groups in total. The first kappa shape index (κ1) is 20.7. The van der Waals surface area contributed by atoms with Crippen molar-refractivity contribution < 1.29 is 14.3 Å². The van der Waals surface area contributed by atoms with Gasteiger partial charge in [0, 0.05) is 0 Å². The number of carbonyl (C=O) groups excluding carboxylic acids is 1. The molecule has 0 aromatic heterocycles. The summed E-state index contributed by atoms with van der Waals surface area (Å²) in [5, 5.41) is 6.31. The van der Waals surface area contributed by atoms with Crippen LogP contribution >= 0.6 is 0 Å². The second-order valence-corrected chi connectivity index (χ2v) is 7.93. The Bertz CT molecular complexity index is 1170. The summed E-state index contributed by atoms with van der Waals surface area (Å²) in [5.41, 5.74) is 1.39. The van der Waals surface area contributed by atoms with Gasteiger partial charge in [-0.05, 0) is 41.0 Å². The third-order valence-corrected chi connectivity index (χ3v) is 6.20. The molecular weight excluding hydrogens is 420 g/mol. The zero-order valence-corrected chi connectivity index (χ0v) is 18.4. The van der Waals surface area contributed by atoms with E-state index in [9.17, 15) is 4.79 Å². The molecular formula is C24H24N6O3. The molecule has 0 spiro atoms. The van der Waals surface area contributed by atoms with Crippen LogP contribution in [0.25, 0.3) is 5.57 Å². The molecule has 2 aromatic rings. The Morgan fingerprint density at radius 1 is 1.06 bits per heavy atom. The van der Waals surface area contributed by atoms with Gasteiger partial charge in [0.2, 0.25) is 0 Å². The molecule has 2 amide bonds. The van der Waals surface area contributed by atoms with E-state index >= 15 is 0 Å². The fourth-order valence-corrected chi connectivity index (χ4v) is 4.45. The number of benzene rings is 2. The highest BCUT2D eigenvalue weighted by Gasteiger charge is 2.59. The van der Waals surface area contributed by atoms with Crippen molar-refractivity contribution in [3.05, 3.63) is 66.2 Å². The number of aliphatic imine (C=N–C) groups is 3. The van der Waals surface area contributed by atoms with E-state index in [0.29, 0.717) is 18.0 Å². The standard InChI is InChI=1S/C24H24N6O3/c1-15(17-6-10-19(33-3)11-7-17)24-20-21(26-13-25-20)27-14-28-22(24)30(23(31)29-24)12-16-4-8-18(32-2)9-5-16/h4-11,13-14,20-21H,1,12H2,2-3H3,(H,25,26)(H,29,31). The second-order valence-electron chi connectivity index (χ2n) is 7.93. The molecule has 0 saturated carbocycles. The van der Waals surface area contributed by atoms with Crippen LogP contribution in [-0.2, 0) is 6.54 Å². The van der Waals surface area contributed by atoms with Gasteiger partial charge in [-0.2, -0.15) is 0 Å². The van der Waals surface area contributed by atoms with Gasteiger partial charge in [0.1, 0.15) is 35.9 Å². The third-order valence-electron chi connectivity index (χ3n) is 6.20. The maximum atomic E-state index is 13.3. The van der Waals surface area contributed by atoms with Crippen LogP contribution in [0.5, 0.6) is 11.5 Å². The lowest BCUT2D eigenvalue weighted by Crippen LogP contribution is -2.59. The van der Waals surface area contributed by atoms with Crippen molar-refractivity contribution in [2.24, 2.45) is 15.0 Å². The first-order chi connectivity index (χ1) is 16.1. The van der Waals surface area contributed by atoms with Crippen molar-refractivity contribution in [1.29, 1.82) is 0 Å². The summed E-state index contributed by atoms with van der Waals surface area (Å²) < 4.78 is 10.5. The lowest BCUT2D eigenvalue weighted by Gasteiger charge is -2.36. The summed E-state index contributed by atoms with van der Waals surface area (Å²) in [4.78, 5) is 28.7. The summed E-state index contributed by atoms with van der Waals surface area (Å²) in [6.07, 6.45) is 2.73. The fourth-order valence-electron chi connectivity index (χ4n) is 4.45. The predicted molar refractivity (Wildman–Crippen MR) is 127 cm³/mol. The monoisotopic (exact) mass is 444 g/mol. The summed E-state index contributed by atoms with van der Waals surface area (Å²) in [6.45, 7) is 4.73. The number of nitrogens with one attached hydrogen (secondary N) is 2. The highest BCUT2D eigenvalue weighted by Crippen LogP contribution is 2.40. The normalized spacial score (nSPS) is 24.8. The predicted octanol–water partition coefficient (Wildman–Crippen LogP) is 2.45. The SMILES string of the molecule is C=C(c1ccc(OC)cc1)C12NC(=O)N(Cc3ccc(OC)cc3)C1=NC=NC1NC=NC12. The summed E-state index contributed by atoms with van der Waals surface area (Å²) in [6, 6.07) is 14.4. The molecule has 3 heterocycles. The van der Waals surface area contributed by atoms with E-state index < -0.39 is 11.6 Å². The Kier molecular flexibility index (Phi) is 5.08. The topological polar surface area (TPSA) is 99.9 Å². The Balaban J connectivity index is 1.57. The van der Waals surface area contributed by atoms with E-state index in [4.69, 9.17) is 9.47 Å². The van der Waals surface area contributed by atoms with Crippen molar-refractivity contribution >= 4 is 30.1 Å². The van der Waals surface area contributed by atoms with Crippen LogP contribution in [-0.4, -0.2) is 61.4 Å². The average Bonchev–Trinajstić information content (AvgIpc) is 3.39. The van der Waals surface area contributed by atoms with Gasteiger partial charge in [0.25, 0.3) is 0 Å². The highest BCUT2D eigenvalue weighted by atomic mass is 16.5. The van der Waals surface area contributed by atoms with Gasteiger partial charge >= 0.3 is 6.03 Å². The van der Waals surface area contributed by atoms with Crippen LogP contribution in [0.1, 0.15) is 11.1 Å². The Morgan fingerprint density at radius 2 is 1.73 bits per heavy atom. The van der Waals surface area contributed by atoms with Crippen LogP contribution in [0.15, 0.2) is 70.1 Å². The van der Waals surface area contributed by atoms with E-state index in [1.165, 1.54) is 6.34 Å². The molecule has 168 valence electrons. The number of ether oxygens (including phenoxy) is 2. The molecule has 3 aliphatic rings. The lowest BCUT2D eigenvalue weighted by molar-refractivity contribution is 0.224. The van der Waals surface area contributed by atoms with Gasteiger partial charge in [0.05, 0.1) is 27.1 Å². The van der Waals surface area contributed by atoms with Crippen LogP contribution in [0.3, 0.4) is 0 Å². The minimum absolute atomic E-state index is 0.268. The lowest BCUT2D eigenvalue weighted by atomic mass is 9.78. The average molecular weight is 444 g/mol. The van der Waals surface area contributed by atoms with Gasteiger partial charge < -0.3 is 20.1 Å². The Morgan fingerprint density at radius 3 is 2.39 bits per heavy atom. The zero-order chi connectivity index (χ0) is 23.0. The van der Waals surface area contributed by atoms with Gasteiger partial charge in [0.15, 0.2) is 5.54 Å².